The quantitative estimate of drug-likeness (QED) is 0.813. The molecule has 0 spiro atoms. The van der Waals surface area contributed by atoms with Gasteiger partial charge >= 0.3 is 6.03 Å². The highest BCUT2D eigenvalue weighted by atomic mass is 19.1. The van der Waals surface area contributed by atoms with Gasteiger partial charge < -0.3 is 19.7 Å². The molecule has 0 saturated carbocycles. The number of ether oxygens (including phenoxy) is 2. The molecule has 7 heteroatoms. The van der Waals surface area contributed by atoms with Crippen molar-refractivity contribution in [3.05, 3.63) is 24.0 Å². The number of amides is 2. The van der Waals surface area contributed by atoms with Crippen molar-refractivity contribution in [3.63, 3.8) is 0 Å². The van der Waals surface area contributed by atoms with E-state index in [2.05, 4.69) is 10.2 Å². The lowest BCUT2D eigenvalue weighted by Crippen LogP contribution is -2.50. The molecule has 1 aromatic rings. The van der Waals surface area contributed by atoms with Crippen LogP contribution in [0.25, 0.3) is 0 Å². The number of urea groups is 1. The van der Waals surface area contributed by atoms with E-state index in [0.29, 0.717) is 18.8 Å². The Bertz CT molecular complexity index is 519. The first kappa shape index (κ1) is 17.5. The predicted molar refractivity (Wildman–Crippen MR) is 86.5 cm³/mol. The van der Waals surface area contributed by atoms with Gasteiger partial charge in [0.05, 0.1) is 7.11 Å². The number of piperazine rings is 1. The third kappa shape index (κ3) is 5.07. The lowest BCUT2D eigenvalue weighted by Gasteiger charge is -2.34. The van der Waals surface area contributed by atoms with Crippen LogP contribution in [-0.2, 0) is 4.74 Å². The van der Waals surface area contributed by atoms with Gasteiger partial charge in [0.2, 0.25) is 0 Å². The van der Waals surface area contributed by atoms with Crippen LogP contribution in [0.15, 0.2) is 18.2 Å². The molecule has 0 atom stereocenters. The number of nitrogens with zero attached hydrogens (tertiary/aromatic N) is 2. The summed E-state index contributed by atoms with van der Waals surface area (Å²) in [5.41, 5.74) is 0.524. The number of carbonyl (C=O) groups is 1. The number of nitrogens with one attached hydrogen (secondary N) is 1. The SMILES string of the molecule is COCCCN1CCN(C(=O)Nc2ccc(F)c(OC)c2)CC1. The first-order valence-corrected chi connectivity index (χ1v) is 7.75. The Hall–Kier alpha value is -1.86. The molecule has 0 bridgehead atoms. The summed E-state index contributed by atoms with van der Waals surface area (Å²) in [5, 5.41) is 2.78. The van der Waals surface area contributed by atoms with E-state index in [-0.39, 0.29) is 11.8 Å². The van der Waals surface area contributed by atoms with Crippen molar-refractivity contribution >= 4 is 11.7 Å². The molecule has 2 rings (SSSR count). The largest absolute Gasteiger partial charge is 0.494 e. The molecule has 1 aliphatic heterocycles. The highest BCUT2D eigenvalue weighted by Gasteiger charge is 2.21. The average Bonchev–Trinajstić information content (AvgIpc) is 2.57. The fourth-order valence-electron chi connectivity index (χ4n) is 2.55. The lowest BCUT2D eigenvalue weighted by molar-refractivity contribution is 0.130. The Kier molecular flexibility index (Phi) is 6.61. The first-order valence-electron chi connectivity index (χ1n) is 7.75. The van der Waals surface area contributed by atoms with Crippen molar-refractivity contribution in [2.45, 2.75) is 6.42 Å². The Labute approximate surface area is 136 Å². The van der Waals surface area contributed by atoms with Gasteiger partial charge in [-0.2, -0.15) is 0 Å². The fourth-order valence-corrected chi connectivity index (χ4v) is 2.55. The fraction of sp³-hybridized carbons (Fsp3) is 0.562. The minimum Gasteiger partial charge on any atom is -0.494 e. The second kappa shape index (κ2) is 8.69. The summed E-state index contributed by atoms with van der Waals surface area (Å²) in [5.74, 6) is -0.332. The second-order valence-corrected chi connectivity index (χ2v) is 5.45. The zero-order chi connectivity index (χ0) is 16.7. The van der Waals surface area contributed by atoms with Crippen LogP contribution < -0.4 is 10.1 Å². The zero-order valence-corrected chi connectivity index (χ0v) is 13.7. The van der Waals surface area contributed by atoms with Gasteiger partial charge in [-0.05, 0) is 18.6 Å². The maximum Gasteiger partial charge on any atom is 0.321 e. The first-order chi connectivity index (χ1) is 11.1. The Morgan fingerprint density at radius 2 is 2.00 bits per heavy atom. The number of hydrogen-bond donors (Lipinski definition) is 1. The van der Waals surface area contributed by atoms with Crippen LogP contribution in [-0.4, -0.2) is 69.4 Å². The van der Waals surface area contributed by atoms with Crippen LogP contribution in [0.1, 0.15) is 6.42 Å². The van der Waals surface area contributed by atoms with Crippen molar-refractivity contribution in [1.29, 1.82) is 0 Å². The van der Waals surface area contributed by atoms with Crippen LogP contribution in [0.2, 0.25) is 0 Å². The summed E-state index contributed by atoms with van der Waals surface area (Å²) >= 11 is 0. The van der Waals surface area contributed by atoms with E-state index < -0.39 is 5.82 Å². The lowest BCUT2D eigenvalue weighted by atomic mass is 10.2. The highest BCUT2D eigenvalue weighted by Crippen LogP contribution is 2.21. The summed E-state index contributed by atoms with van der Waals surface area (Å²) in [6.07, 6.45) is 0.998. The van der Waals surface area contributed by atoms with E-state index >= 15 is 0 Å². The number of methoxy groups -OCH3 is 2. The number of anilines is 1. The molecular formula is C16H24FN3O3. The number of benzene rings is 1. The summed E-state index contributed by atoms with van der Waals surface area (Å²) in [4.78, 5) is 16.4. The highest BCUT2D eigenvalue weighted by molar-refractivity contribution is 5.89. The summed E-state index contributed by atoms with van der Waals surface area (Å²) < 4.78 is 23.3. The van der Waals surface area contributed by atoms with E-state index in [9.17, 15) is 9.18 Å². The number of carbonyl (C=O) groups excluding carboxylic acids is 1. The maximum atomic E-state index is 13.4. The van der Waals surface area contributed by atoms with Crippen molar-refractivity contribution in [2.24, 2.45) is 0 Å². The van der Waals surface area contributed by atoms with Gasteiger partial charge in [-0.15, -0.1) is 0 Å². The molecule has 23 heavy (non-hydrogen) atoms. The molecule has 1 heterocycles. The standard InChI is InChI=1S/C16H24FN3O3/c1-22-11-3-6-19-7-9-20(10-8-19)16(21)18-13-4-5-14(17)15(12-13)23-2/h4-5,12H,3,6-11H2,1-2H3,(H,18,21). The van der Waals surface area contributed by atoms with Crippen LogP contribution in [0.5, 0.6) is 5.75 Å². The molecular weight excluding hydrogens is 301 g/mol. The zero-order valence-electron chi connectivity index (χ0n) is 13.7. The van der Waals surface area contributed by atoms with E-state index in [1.807, 2.05) is 0 Å². The second-order valence-electron chi connectivity index (χ2n) is 5.45. The van der Waals surface area contributed by atoms with E-state index in [1.54, 1.807) is 12.0 Å². The van der Waals surface area contributed by atoms with Gasteiger partial charge in [0.25, 0.3) is 0 Å². The molecule has 0 aromatic heterocycles. The minimum atomic E-state index is -0.449. The third-order valence-electron chi connectivity index (χ3n) is 3.88. The number of hydrogen-bond acceptors (Lipinski definition) is 4. The molecule has 2 amide bonds. The van der Waals surface area contributed by atoms with Gasteiger partial charge in [0.15, 0.2) is 11.6 Å². The predicted octanol–water partition coefficient (Wildman–Crippen LogP) is 2.02. The molecule has 128 valence electrons. The van der Waals surface area contributed by atoms with Crippen molar-refractivity contribution in [3.8, 4) is 5.75 Å². The van der Waals surface area contributed by atoms with Crippen LogP contribution >= 0.6 is 0 Å². The average molecular weight is 325 g/mol. The monoisotopic (exact) mass is 325 g/mol. The molecule has 1 aromatic carbocycles. The van der Waals surface area contributed by atoms with Gasteiger partial charge in [0, 0.05) is 58.2 Å². The van der Waals surface area contributed by atoms with Crippen molar-refractivity contribution < 1.29 is 18.7 Å². The maximum absolute atomic E-state index is 13.4. The Morgan fingerprint density at radius 1 is 1.26 bits per heavy atom. The van der Waals surface area contributed by atoms with Crippen LogP contribution in [0.4, 0.5) is 14.9 Å². The molecule has 0 unspecified atom stereocenters. The van der Waals surface area contributed by atoms with E-state index in [1.165, 1.54) is 25.3 Å². The number of rotatable bonds is 6. The van der Waals surface area contributed by atoms with Crippen LogP contribution in [0, 0.1) is 5.82 Å². The number of halogens is 1. The molecule has 6 nitrogen and oxygen atoms in total. The van der Waals surface area contributed by atoms with Crippen LogP contribution in [0.3, 0.4) is 0 Å². The van der Waals surface area contributed by atoms with Crippen molar-refractivity contribution in [2.75, 3.05) is 58.9 Å². The minimum absolute atomic E-state index is 0.116. The van der Waals surface area contributed by atoms with Gasteiger partial charge in [0.1, 0.15) is 0 Å². The van der Waals surface area contributed by atoms with Gasteiger partial charge in [-0.25, -0.2) is 9.18 Å². The van der Waals surface area contributed by atoms with E-state index in [4.69, 9.17) is 9.47 Å². The molecule has 0 radical (unpaired) electrons. The summed E-state index contributed by atoms with van der Waals surface area (Å²) in [7, 11) is 3.10. The van der Waals surface area contributed by atoms with Gasteiger partial charge in [-0.1, -0.05) is 0 Å². The summed E-state index contributed by atoms with van der Waals surface area (Å²) in [6.45, 7) is 4.80. The normalized spacial score (nSPS) is 15.5. The molecule has 1 N–H and O–H groups in total. The van der Waals surface area contributed by atoms with Gasteiger partial charge in [-0.3, -0.25) is 4.90 Å². The third-order valence-corrected chi connectivity index (χ3v) is 3.88. The van der Waals surface area contributed by atoms with Crippen molar-refractivity contribution in [1.82, 2.24) is 9.80 Å². The molecule has 1 aliphatic rings. The smallest absolute Gasteiger partial charge is 0.321 e. The Balaban J connectivity index is 1.81. The molecule has 1 saturated heterocycles. The Morgan fingerprint density at radius 3 is 2.65 bits per heavy atom. The topological polar surface area (TPSA) is 54.0 Å². The molecule has 0 aliphatic carbocycles. The molecule has 1 fully saturated rings. The summed E-state index contributed by atoms with van der Waals surface area (Å²) in [6, 6.07) is 4.11. The van der Waals surface area contributed by atoms with E-state index in [0.717, 1.165) is 32.7 Å².